The molecule has 4 nitrogen and oxygen atoms in total. The molecule has 0 aliphatic heterocycles. The lowest BCUT2D eigenvalue weighted by Crippen LogP contribution is -2.48. The number of carbonyl (C=O) groups is 2. The second kappa shape index (κ2) is 14.3. The van der Waals surface area contributed by atoms with Crippen LogP contribution in [0.25, 0.3) is 0 Å². The highest BCUT2D eigenvalue weighted by Crippen LogP contribution is 2.36. The van der Waals surface area contributed by atoms with Crippen molar-refractivity contribution in [3.8, 4) is 0 Å². The van der Waals surface area contributed by atoms with Crippen LogP contribution in [0.4, 0.5) is 0 Å². The summed E-state index contributed by atoms with van der Waals surface area (Å²) in [5.74, 6) is -0.238. The van der Waals surface area contributed by atoms with Crippen molar-refractivity contribution in [3.63, 3.8) is 0 Å². The van der Waals surface area contributed by atoms with E-state index in [-0.39, 0.29) is 11.8 Å². The molecule has 0 aliphatic carbocycles. The van der Waals surface area contributed by atoms with Gasteiger partial charge in [-0.15, -0.1) is 0 Å². The van der Waals surface area contributed by atoms with Crippen LogP contribution in [0.2, 0.25) is 0 Å². The first-order valence-electron chi connectivity index (χ1n) is 13.0. The minimum absolute atomic E-state index is 0.0686. The van der Waals surface area contributed by atoms with Crippen molar-refractivity contribution in [1.29, 1.82) is 0 Å². The van der Waals surface area contributed by atoms with Crippen molar-refractivity contribution < 1.29 is 9.59 Å². The van der Waals surface area contributed by atoms with Gasteiger partial charge in [-0.2, -0.15) is 0 Å². The Morgan fingerprint density at radius 3 is 1.31 bits per heavy atom. The molecule has 4 aromatic carbocycles. The van der Waals surface area contributed by atoms with E-state index in [1.54, 1.807) is 13.8 Å². The highest BCUT2D eigenvalue weighted by atomic mass is 16.2. The summed E-state index contributed by atoms with van der Waals surface area (Å²) in [6.45, 7) is 11.5. The van der Waals surface area contributed by atoms with Crippen LogP contribution in [-0.4, -0.2) is 18.4 Å². The summed E-state index contributed by atoms with van der Waals surface area (Å²) in [7, 11) is 0. The van der Waals surface area contributed by atoms with Gasteiger partial charge in [0.25, 0.3) is 0 Å². The molecular weight excluding hydrogens is 480 g/mol. The van der Waals surface area contributed by atoms with Crippen molar-refractivity contribution in [1.82, 2.24) is 10.6 Å². The Morgan fingerprint density at radius 1 is 0.590 bits per heavy atom. The third kappa shape index (κ3) is 7.89. The summed E-state index contributed by atoms with van der Waals surface area (Å²) >= 11 is 0. The predicted molar refractivity (Wildman–Crippen MR) is 160 cm³/mol. The maximum absolute atomic E-state index is 12.7. The Morgan fingerprint density at radius 2 is 0.949 bits per heavy atom. The number of carbonyl (C=O) groups excluding carboxylic acids is 2. The van der Waals surface area contributed by atoms with Gasteiger partial charge in [0.1, 0.15) is 5.54 Å². The molecule has 0 radical (unpaired) electrons. The summed E-state index contributed by atoms with van der Waals surface area (Å²) in [5.41, 5.74) is 4.49. The lowest BCUT2D eigenvalue weighted by molar-refractivity contribution is -0.119. The Kier molecular flexibility index (Phi) is 10.6. The van der Waals surface area contributed by atoms with Gasteiger partial charge in [0.05, 0.1) is 0 Å². The number of nitrogens with one attached hydrogen (secondary N) is 2. The molecule has 0 saturated carbocycles. The Balaban J connectivity index is 0.000000255. The van der Waals surface area contributed by atoms with Crippen LogP contribution < -0.4 is 10.6 Å². The van der Waals surface area contributed by atoms with Crippen molar-refractivity contribution in [2.45, 2.75) is 25.8 Å². The maximum atomic E-state index is 12.7. The van der Waals surface area contributed by atoms with Gasteiger partial charge in [-0.1, -0.05) is 134 Å². The zero-order valence-corrected chi connectivity index (χ0v) is 22.7. The van der Waals surface area contributed by atoms with E-state index in [1.165, 1.54) is 5.56 Å². The molecule has 0 atom stereocenters. The Labute approximate surface area is 232 Å². The van der Waals surface area contributed by atoms with Gasteiger partial charge in [-0.05, 0) is 42.5 Å². The standard InChI is InChI=1S/C23H21NO.C12H15NO/c1-18(2)22(25)24-23(19-12-6-3-7-13-19,20-14-8-4-9-15-20)21-16-10-5-11-17-21;1-10(2)12(14)13-9-8-11-6-4-3-5-7-11/h3-17H,1H2,2H3,(H,24,25);3-7H,1,8-9H2,2H3,(H,13,14). The minimum atomic E-state index is -0.778. The summed E-state index contributed by atoms with van der Waals surface area (Å²) in [5, 5.41) is 6.03. The van der Waals surface area contributed by atoms with Crippen LogP contribution in [-0.2, 0) is 21.5 Å². The fourth-order valence-corrected chi connectivity index (χ4v) is 4.17. The van der Waals surface area contributed by atoms with E-state index in [0.717, 1.165) is 23.1 Å². The van der Waals surface area contributed by atoms with Crippen LogP contribution in [0, 0.1) is 0 Å². The molecule has 0 fully saturated rings. The molecule has 2 amide bonds. The first-order valence-corrected chi connectivity index (χ1v) is 13.0. The van der Waals surface area contributed by atoms with Crippen LogP contribution >= 0.6 is 0 Å². The Hall–Kier alpha value is -4.70. The second-order valence-corrected chi connectivity index (χ2v) is 9.35. The smallest absolute Gasteiger partial charge is 0.247 e. The second-order valence-electron chi connectivity index (χ2n) is 9.35. The Bertz CT molecular complexity index is 1270. The minimum Gasteiger partial charge on any atom is -0.352 e. The summed E-state index contributed by atoms with van der Waals surface area (Å²) in [4.78, 5) is 23.8. The van der Waals surface area contributed by atoms with E-state index >= 15 is 0 Å². The molecule has 4 aromatic rings. The molecule has 2 N–H and O–H groups in total. The summed E-state index contributed by atoms with van der Waals surface area (Å²) < 4.78 is 0. The molecule has 0 spiro atoms. The molecule has 0 unspecified atom stereocenters. The SMILES string of the molecule is C=C(C)C(=O)NC(c1ccccc1)(c1ccccc1)c1ccccc1.C=C(C)C(=O)NCCc1ccccc1. The van der Waals surface area contributed by atoms with Crippen LogP contribution in [0.1, 0.15) is 36.1 Å². The zero-order valence-electron chi connectivity index (χ0n) is 22.7. The topological polar surface area (TPSA) is 58.2 Å². The van der Waals surface area contributed by atoms with Gasteiger partial charge in [-0.3, -0.25) is 9.59 Å². The average Bonchev–Trinajstić information content (AvgIpc) is 2.98. The van der Waals surface area contributed by atoms with E-state index in [4.69, 9.17) is 0 Å². The molecular formula is C35H36N2O2. The largest absolute Gasteiger partial charge is 0.352 e. The molecule has 198 valence electrons. The number of hydrogen-bond acceptors (Lipinski definition) is 2. The molecule has 0 saturated heterocycles. The van der Waals surface area contributed by atoms with E-state index in [9.17, 15) is 9.59 Å². The van der Waals surface area contributed by atoms with Gasteiger partial charge in [0.2, 0.25) is 11.8 Å². The third-order valence-electron chi connectivity index (χ3n) is 6.24. The highest BCUT2D eigenvalue weighted by Gasteiger charge is 2.37. The van der Waals surface area contributed by atoms with E-state index in [0.29, 0.717) is 17.7 Å². The first kappa shape index (κ1) is 28.9. The molecule has 39 heavy (non-hydrogen) atoms. The van der Waals surface area contributed by atoms with Gasteiger partial charge in [0, 0.05) is 17.7 Å². The quantitative estimate of drug-likeness (QED) is 0.195. The zero-order chi connectivity index (χ0) is 28.1. The van der Waals surface area contributed by atoms with Crippen molar-refractivity contribution >= 4 is 11.8 Å². The van der Waals surface area contributed by atoms with Gasteiger partial charge in [0.15, 0.2) is 0 Å². The first-order chi connectivity index (χ1) is 18.8. The number of hydrogen-bond donors (Lipinski definition) is 2. The van der Waals surface area contributed by atoms with Crippen molar-refractivity contribution in [2.75, 3.05) is 6.54 Å². The van der Waals surface area contributed by atoms with Gasteiger partial charge < -0.3 is 10.6 Å². The number of amides is 2. The maximum Gasteiger partial charge on any atom is 0.247 e. The van der Waals surface area contributed by atoms with Crippen molar-refractivity contribution in [3.05, 3.63) is 168 Å². The normalized spacial score (nSPS) is 10.4. The molecule has 4 rings (SSSR count). The lowest BCUT2D eigenvalue weighted by atomic mass is 9.77. The monoisotopic (exact) mass is 516 g/mol. The number of benzene rings is 4. The predicted octanol–water partition coefficient (Wildman–Crippen LogP) is 6.59. The third-order valence-corrected chi connectivity index (χ3v) is 6.24. The fourth-order valence-electron chi connectivity index (χ4n) is 4.17. The van der Waals surface area contributed by atoms with Crippen molar-refractivity contribution in [2.24, 2.45) is 0 Å². The van der Waals surface area contributed by atoms with Crippen LogP contribution in [0.15, 0.2) is 146 Å². The van der Waals surface area contributed by atoms with E-state index in [1.807, 2.05) is 121 Å². The molecule has 0 heterocycles. The fraction of sp³-hybridized carbons (Fsp3) is 0.143. The van der Waals surface area contributed by atoms with Gasteiger partial charge >= 0.3 is 0 Å². The molecule has 0 bridgehead atoms. The number of rotatable bonds is 9. The highest BCUT2D eigenvalue weighted by molar-refractivity contribution is 5.93. The van der Waals surface area contributed by atoms with Crippen LogP contribution in [0.3, 0.4) is 0 Å². The van der Waals surface area contributed by atoms with Crippen LogP contribution in [0.5, 0.6) is 0 Å². The van der Waals surface area contributed by atoms with E-state index < -0.39 is 5.54 Å². The van der Waals surface area contributed by atoms with Gasteiger partial charge in [-0.25, -0.2) is 0 Å². The van der Waals surface area contributed by atoms with E-state index in [2.05, 4.69) is 23.8 Å². The average molecular weight is 517 g/mol. The summed E-state index contributed by atoms with van der Waals surface area (Å²) in [6, 6.07) is 40.2. The summed E-state index contributed by atoms with van der Waals surface area (Å²) in [6.07, 6.45) is 0.861. The molecule has 0 aliphatic rings. The molecule has 4 heteroatoms. The molecule has 0 aromatic heterocycles. The lowest BCUT2D eigenvalue weighted by Gasteiger charge is -2.37.